The predicted molar refractivity (Wildman–Crippen MR) is 65.5 cm³/mol. The summed E-state index contributed by atoms with van der Waals surface area (Å²) in [5.74, 6) is -1.05. The fraction of sp³-hybridized carbons (Fsp3) is 0.667. The van der Waals surface area contributed by atoms with E-state index in [1.165, 1.54) is 6.08 Å². The zero-order valence-electron chi connectivity index (χ0n) is 9.13. The van der Waals surface area contributed by atoms with Crippen LogP contribution in [0.5, 0.6) is 0 Å². The molecule has 0 amide bonds. The number of rotatable bonds is 8. The van der Waals surface area contributed by atoms with Gasteiger partial charge in [-0.1, -0.05) is 18.9 Å². The highest BCUT2D eigenvalue weighted by Crippen LogP contribution is 2.17. The van der Waals surface area contributed by atoms with Crippen LogP contribution in [0.3, 0.4) is 0 Å². The molecule has 1 atom stereocenters. The van der Waals surface area contributed by atoms with Gasteiger partial charge in [0, 0.05) is 0 Å². The van der Waals surface area contributed by atoms with Crippen molar-refractivity contribution in [2.24, 2.45) is 5.73 Å². The second kappa shape index (κ2) is 8.58. The summed E-state index contributed by atoms with van der Waals surface area (Å²) in [6, 6.07) is 0. The van der Waals surface area contributed by atoms with Crippen LogP contribution in [-0.2, 0) is 4.79 Å². The van der Waals surface area contributed by atoms with Crippen molar-refractivity contribution in [3.63, 3.8) is 0 Å². The van der Waals surface area contributed by atoms with Crippen molar-refractivity contribution >= 4 is 25.5 Å². The number of carbonyl (C=O) groups is 1. The third-order valence-electron chi connectivity index (χ3n) is 2.27. The van der Waals surface area contributed by atoms with Crippen LogP contribution in [0.25, 0.3) is 0 Å². The predicted octanol–water partition coefficient (Wildman–Crippen LogP) is 0.409. The monoisotopic (exact) mass is 251 g/mol. The van der Waals surface area contributed by atoms with E-state index in [0.29, 0.717) is 19.3 Å². The molecule has 0 aliphatic rings. The Morgan fingerprint density at radius 2 is 2.00 bits per heavy atom. The molecule has 0 aliphatic heterocycles. The van der Waals surface area contributed by atoms with Gasteiger partial charge >= 0.3 is 13.1 Å². The fourth-order valence-electron chi connectivity index (χ4n) is 1.32. The van der Waals surface area contributed by atoms with E-state index in [0.717, 1.165) is 0 Å². The summed E-state index contributed by atoms with van der Waals surface area (Å²) in [7, 11) is -1.33. The Kier molecular flexibility index (Phi) is 9.56. The van der Waals surface area contributed by atoms with Crippen molar-refractivity contribution in [1.29, 1.82) is 0 Å². The van der Waals surface area contributed by atoms with Crippen molar-refractivity contribution in [3.8, 4) is 0 Å². The number of halogens is 1. The van der Waals surface area contributed by atoms with Crippen LogP contribution in [0.2, 0.25) is 6.32 Å². The first-order chi connectivity index (χ1) is 6.92. The van der Waals surface area contributed by atoms with Gasteiger partial charge in [0.25, 0.3) is 0 Å². The Morgan fingerprint density at radius 3 is 2.38 bits per heavy atom. The summed E-state index contributed by atoms with van der Waals surface area (Å²) >= 11 is 0. The molecule has 0 fully saturated rings. The zero-order valence-corrected chi connectivity index (χ0v) is 9.95. The standard InChI is InChI=1S/C9H18BNO4.ClH/c1-2-5-9(11,8(12)13)6-3-4-7-10(14)15;/h2,14-15H,1,3-7,11H2,(H,12,13);1H. The highest BCUT2D eigenvalue weighted by atomic mass is 35.5. The van der Waals surface area contributed by atoms with Gasteiger partial charge in [0.05, 0.1) is 0 Å². The van der Waals surface area contributed by atoms with E-state index in [1.807, 2.05) is 0 Å². The minimum Gasteiger partial charge on any atom is -0.480 e. The third-order valence-corrected chi connectivity index (χ3v) is 2.27. The lowest BCUT2D eigenvalue weighted by Crippen LogP contribution is -2.47. The molecule has 1 unspecified atom stereocenters. The van der Waals surface area contributed by atoms with Gasteiger partial charge in [-0.3, -0.25) is 4.79 Å². The molecule has 0 aromatic carbocycles. The number of carboxylic acids is 1. The second-order valence-corrected chi connectivity index (χ2v) is 3.68. The summed E-state index contributed by atoms with van der Waals surface area (Å²) in [4.78, 5) is 10.9. The van der Waals surface area contributed by atoms with Crippen molar-refractivity contribution in [2.75, 3.05) is 0 Å². The van der Waals surface area contributed by atoms with Gasteiger partial charge in [-0.15, -0.1) is 19.0 Å². The molecule has 0 bridgehead atoms. The van der Waals surface area contributed by atoms with E-state index in [-0.39, 0.29) is 25.1 Å². The molecule has 94 valence electrons. The van der Waals surface area contributed by atoms with Crippen LogP contribution in [0.1, 0.15) is 25.7 Å². The molecule has 0 aliphatic carbocycles. The van der Waals surface area contributed by atoms with Crippen molar-refractivity contribution in [3.05, 3.63) is 12.7 Å². The topological polar surface area (TPSA) is 104 Å². The molecule has 5 nitrogen and oxygen atoms in total. The Labute approximate surface area is 102 Å². The average molecular weight is 252 g/mol. The zero-order chi connectivity index (χ0) is 11.9. The quantitative estimate of drug-likeness (QED) is 0.284. The van der Waals surface area contributed by atoms with Crippen LogP contribution in [0, 0.1) is 0 Å². The van der Waals surface area contributed by atoms with E-state index in [9.17, 15) is 4.79 Å². The Hall–Kier alpha value is -0.555. The van der Waals surface area contributed by atoms with Gasteiger partial charge in [-0.2, -0.15) is 0 Å². The van der Waals surface area contributed by atoms with Crippen LogP contribution in [-0.4, -0.2) is 33.8 Å². The highest BCUT2D eigenvalue weighted by Gasteiger charge is 2.31. The summed E-state index contributed by atoms with van der Waals surface area (Å²) in [6.45, 7) is 3.46. The van der Waals surface area contributed by atoms with Crippen LogP contribution < -0.4 is 5.73 Å². The van der Waals surface area contributed by atoms with E-state index < -0.39 is 18.6 Å². The Balaban J connectivity index is 0. The largest absolute Gasteiger partial charge is 0.480 e. The molecule has 0 aromatic heterocycles. The van der Waals surface area contributed by atoms with E-state index in [2.05, 4.69) is 6.58 Å². The highest BCUT2D eigenvalue weighted by molar-refractivity contribution is 6.40. The molecule has 0 spiro atoms. The second-order valence-electron chi connectivity index (χ2n) is 3.68. The van der Waals surface area contributed by atoms with E-state index >= 15 is 0 Å². The third kappa shape index (κ3) is 6.84. The normalized spacial score (nSPS) is 13.4. The van der Waals surface area contributed by atoms with E-state index in [1.54, 1.807) is 0 Å². The Bertz CT molecular complexity index is 228. The first kappa shape index (κ1) is 17.8. The molecule has 7 heteroatoms. The van der Waals surface area contributed by atoms with Gasteiger partial charge in [0.2, 0.25) is 0 Å². The van der Waals surface area contributed by atoms with Gasteiger partial charge in [-0.25, -0.2) is 0 Å². The lowest BCUT2D eigenvalue weighted by Gasteiger charge is -2.22. The van der Waals surface area contributed by atoms with Crippen molar-refractivity contribution in [2.45, 2.75) is 37.5 Å². The number of aliphatic carboxylic acids is 1. The van der Waals surface area contributed by atoms with Gasteiger partial charge in [-0.05, 0) is 19.2 Å². The molecule has 0 rings (SSSR count). The SMILES string of the molecule is C=CCC(N)(CCCCB(O)O)C(=O)O.Cl. The first-order valence-corrected chi connectivity index (χ1v) is 4.91. The average Bonchev–Trinajstić information content (AvgIpc) is 2.12. The summed E-state index contributed by atoms with van der Waals surface area (Å²) in [5.41, 5.74) is 4.40. The molecule has 0 heterocycles. The van der Waals surface area contributed by atoms with Crippen LogP contribution in [0.4, 0.5) is 0 Å². The number of nitrogens with two attached hydrogens (primary N) is 1. The summed E-state index contributed by atoms with van der Waals surface area (Å²) in [5, 5.41) is 26.1. The maximum absolute atomic E-state index is 10.9. The smallest absolute Gasteiger partial charge is 0.451 e. The summed E-state index contributed by atoms with van der Waals surface area (Å²) in [6.07, 6.45) is 3.33. The number of hydrogen-bond acceptors (Lipinski definition) is 4. The van der Waals surface area contributed by atoms with Gasteiger partial charge < -0.3 is 20.9 Å². The molecule has 0 saturated heterocycles. The molecule has 16 heavy (non-hydrogen) atoms. The van der Waals surface area contributed by atoms with Crippen molar-refractivity contribution < 1.29 is 19.9 Å². The lowest BCUT2D eigenvalue weighted by atomic mass is 9.81. The molecular formula is C9H19BClNO4. The maximum Gasteiger partial charge on any atom is 0.451 e. The molecule has 5 N–H and O–H groups in total. The fourth-order valence-corrected chi connectivity index (χ4v) is 1.32. The minimum atomic E-state index is -1.33. The molecule has 0 aromatic rings. The number of hydrogen-bond donors (Lipinski definition) is 4. The minimum absolute atomic E-state index is 0. The molecule has 0 saturated carbocycles. The van der Waals surface area contributed by atoms with Crippen LogP contribution >= 0.6 is 12.4 Å². The van der Waals surface area contributed by atoms with Crippen molar-refractivity contribution in [1.82, 2.24) is 0 Å². The lowest BCUT2D eigenvalue weighted by molar-refractivity contribution is -0.143. The molecule has 0 radical (unpaired) electrons. The van der Waals surface area contributed by atoms with Gasteiger partial charge in [0.1, 0.15) is 5.54 Å². The maximum atomic E-state index is 10.9. The van der Waals surface area contributed by atoms with Gasteiger partial charge in [0.15, 0.2) is 0 Å². The first-order valence-electron chi connectivity index (χ1n) is 4.91. The number of carboxylic acid groups (broad SMARTS) is 1. The summed E-state index contributed by atoms with van der Waals surface area (Å²) < 4.78 is 0. The molecular weight excluding hydrogens is 232 g/mol. The number of unbranched alkanes of at least 4 members (excludes halogenated alkanes) is 1. The Morgan fingerprint density at radius 1 is 1.44 bits per heavy atom. The van der Waals surface area contributed by atoms with E-state index in [4.69, 9.17) is 20.9 Å². The van der Waals surface area contributed by atoms with Crippen LogP contribution in [0.15, 0.2) is 12.7 Å².